The lowest BCUT2D eigenvalue weighted by Crippen LogP contribution is -2.34. The van der Waals surface area contributed by atoms with Crippen LogP contribution in [0, 0.1) is 3.57 Å². The minimum atomic E-state index is -0.365. The van der Waals surface area contributed by atoms with Crippen LogP contribution in [0.25, 0.3) is 22.6 Å². The largest absolute Gasteiger partial charge is 0.436 e. The Balaban J connectivity index is 1.44. The van der Waals surface area contributed by atoms with Crippen molar-refractivity contribution in [1.82, 2.24) is 10.3 Å². The minimum Gasteiger partial charge on any atom is -0.436 e. The molecule has 0 radical (unpaired) electrons. The molecule has 0 fully saturated rings. The summed E-state index contributed by atoms with van der Waals surface area (Å²) in [6.45, 7) is 4.38. The summed E-state index contributed by atoms with van der Waals surface area (Å²) in [6.07, 6.45) is 1.07. The number of hydrogen-bond acceptors (Lipinski definition) is 4. The second kappa shape index (κ2) is 10.2. The van der Waals surface area contributed by atoms with E-state index >= 15 is 0 Å². The van der Waals surface area contributed by atoms with E-state index in [4.69, 9.17) is 28.2 Å². The van der Waals surface area contributed by atoms with Crippen LogP contribution >= 0.6 is 46.4 Å². The van der Waals surface area contributed by atoms with E-state index in [0.717, 1.165) is 32.3 Å². The molecule has 1 atom stereocenters. The first-order valence-electron chi connectivity index (χ1n) is 10.4. The maximum absolute atomic E-state index is 12.5. The van der Waals surface area contributed by atoms with Crippen LogP contribution < -0.4 is 10.6 Å². The first kappa shape index (κ1) is 23.7. The Morgan fingerprint density at radius 2 is 1.91 bits per heavy atom. The second-order valence-electron chi connectivity index (χ2n) is 7.67. The van der Waals surface area contributed by atoms with Crippen LogP contribution in [0.5, 0.6) is 0 Å². The molecule has 0 aliphatic heterocycles. The Labute approximate surface area is 216 Å². The molecule has 4 rings (SSSR count). The molecule has 168 valence electrons. The van der Waals surface area contributed by atoms with Gasteiger partial charge in [-0.05, 0) is 107 Å². The van der Waals surface area contributed by atoms with Crippen molar-refractivity contribution in [3.05, 3.63) is 80.4 Å². The van der Waals surface area contributed by atoms with Crippen LogP contribution in [0.2, 0.25) is 5.02 Å². The molecule has 1 heterocycles. The zero-order chi connectivity index (χ0) is 23.5. The van der Waals surface area contributed by atoms with Crippen molar-refractivity contribution in [3.63, 3.8) is 0 Å². The molecule has 1 unspecified atom stereocenters. The number of thiocarbonyl (C=S) groups is 1. The SMILES string of the molecule is CCC(C)c1ccc2oc(-c3ccc(NC(=S)NC(=O)c4cc(I)ccc4Cl)cc3)nc2c1. The molecule has 8 heteroatoms. The molecule has 0 spiro atoms. The number of rotatable bonds is 5. The van der Waals surface area contributed by atoms with E-state index in [1.54, 1.807) is 12.1 Å². The van der Waals surface area contributed by atoms with E-state index in [1.165, 1.54) is 5.56 Å². The lowest BCUT2D eigenvalue weighted by molar-refractivity contribution is 0.0978. The Morgan fingerprint density at radius 3 is 2.64 bits per heavy atom. The number of nitrogens with one attached hydrogen (secondary N) is 2. The van der Waals surface area contributed by atoms with Crippen LogP contribution in [-0.2, 0) is 0 Å². The van der Waals surface area contributed by atoms with Crippen LogP contribution in [0.4, 0.5) is 5.69 Å². The molecular weight excluding hydrogens is 569 g/mol. The van der Waals surface area contributed by atoms with Gasteiger partial charge in [-0.25, -0.2) is 4.98 Å². The number of amides is 1. The summed E-state index contributed by atoms with van der Waals surface area (Å²) in [6, 6.07) is 18.9. The zero-order valence-electron chi connectivity index (χ0n) is 18.0. The number of benzene rings is 3. The van der Waals surface area contributed by atoms with E-state index in [9.17, 15) is 4.79 Å². The average molecular weight is 590 g/mol. The number of halogens is 2. The number of aromatic nitrogens is 1. The Morgan fingerprint density at radius 1 is 1.15 bits per heavy atom. The van der Waals surface area contributed by atoms with Gasteiger partial charge in [-0.3, -0.25) is 10.1 Å². The quantitative estimate of drug-likeness (QED) is 0.188. The third-order valence-electron chi connectivity index (χ3n) is 5.38. The third kappa shape index (κ3) is 5.54. The zero-order valence-corrected chi connectivity index (χ0v) is 21.7. The van der Waals surface area contributed by atoms with E-state index in [-0.39, 0.29) is 11.0 Å². The van der Waals surface area contributed by atoms with E-state index in [1.807, 2.05) is 36.4 Å². The second-order valence-corrected chi connectivity index (χ2v) is 9.73. The number of carbonyl (C=O) groups excluding carboxylic acids is 1. The summed E-state index contributed by atoms with van der Waals surface area (Å²) in [7, 11) is 0. The van der Waals surface area contributed by atoms with Gasteiger partial charge in [0.1, 0.15) is 5.52 Å². The summed E-state index contributed by atoms with van der Waals surface area (Å²) in [5.74, 6) is 0.670. The fourth-order valence-electron chi connectivity index (χ4n) is 3.31. The predicted octanol–water partition coefficient (Wildman–Crippen LogP) is 7.39. The lowest BCUT2D eigenvalue weighted by atomic mass is 9.98. The summed E-state index contributed by atoms with van der Waals surface area (Å²) in [4.78, 5) is 17.1. The lowest BCUT2D eigenvalue weighted by Gasteiger charge is -2.11. The summed E-state index contributed by atoms with van der Waals surface area (Å²) >= 11 is 13.5. The standard InChI is InChI=1S/C25H21ClIN3O2S/c1-3-14(2)16-6-11-22-21(12-16)29-24(32-22)15-4-8-18(9-5-15)28-25(33)30-23(31)19-13-17(27)7-10-20(19)26/h4-14H,3H2,1-2H3,(H2,28,30,31,33). The minimum absolute atomic E-state index is 0.183. The molecule has 3 aromatic carbocycles. The Hall–Kier alpha value is -2.49. The highest BCUT2D eigenvalue weighted by molar-refractivity contribution is 14.1. The molecule has 0 saturated heterocycles. The predicted molar refractivity (Wildman–Crippen MR) is 146 cm³/mol. The van der Waals surface area contributed by atoms with E-state index in [0.29, 0.717) is 22.4 Å². The number of hydrogen-bond donors (Lipinski definition) is 2. The summed E-state index contributed by atoms with van der Waals surface area (Å²) in [5.41, 5.74) is 4.82. The van der Waals surface area contributed by atoms with Gasteiger partial charge in [0.25, 0.3) is 5.91 Å². The molecule has 5 nitrogen and oxygen atoms in total. The van der Waals surface area contributed by atoms with Gasteiger partial charge in [-0.15, -0.1) is 0 Å². The first-order chi connectivity index (χ1) is 15.8. The maximum Gasteiger partial charge on any atom is 0.258 e. The summed E-state index contributed by atoms with van der Waals surface area (Å²) in [5, 5.41) is 6.22. The van der Waals surface area contributed by atoms with Gasteiger partial charge in [0, 0.05) is 14.8 Å². The molecule has 33 heavy (non-hydrogen) atoms. The highest BCUT2D eigenvalue weighted by atomic mass is 127. The van der Waals surface area contributed by atoms with Gasteiger partial charge in [0.15, 0.2) is 10.7 Å². The molecule has 0 aliphatic carbocycles. The monoisotopic (exact) mass is 589 g/mol. The topological polar surface area (TPSA) is 67.2 Å². The highest BCUT2D eigenvalue weighted by Crippen LogP contribution is 2.28. The fraction of sp³-hybridized carbons (Fsp3) is 0.160. The molecule has 2 N–H and O–H groups in total. The molecular formula is C25H21ClIN3O2S. The molecule has 0 bridgehead atoms. The molecule has 1 amide bonds. The van der Waals surface area contributed by atoms with Crippen LogP contribution in [0.3, 0.4) is 0 Å². The normalized spacial score (nSPS) is 11.9. The Bertz CT molecular complexity index is 1340. The molecule has 1 aromatic heterocycles. The first-order valence-corrected chi connectivity index (χ1v) is 12.3. The number of nitrogens with zero attached hydrogens (tertiary/aromatic N) is 1. The smallest absolute Gasteiger partial charge is 0.258 e. The summed E-state index contributed by atoms with van der Waals surface area (Å²) < 4.78 is 6.85. The fourth-order valence-corrected chi connectivity index (χ4v) is 4.22. The van der Waals surface area contributed by atoms with E-state index < -0.39 is 0 Å². The maximum atomic E-state index is 12.5. The van der Waals surface area contributed by atoms with Crippen molar-refractivity contribution in [2.45, 2.75) is 26.2 Å². The van der Waals surface area contributed by atoms with Crippen molar-refractivity contribution in [3.8, 4) is 11.5 Å². The van der Waals surface area contributed by atoms with Gasteiger partial charge in [-0.1, -0.05) is 31.5 Å². The van der Waals surface area contributed by atoms with Crippen molar-refractivity contribution in [1.29, 1.82) is 0 Å². The van der Waals surface area contributed by atoms with E-state index in [2.05, 4.69) is 64.2 Å². The van der Waals surface area contributed by atoms with Gasteiger partial charge >= 0.3 is 0 Å². The molecule has 0 saturated carbocycles. The van der Waals surface area contributed by atoms with Gasteiger partial charge < -0.3 is 9.73 Å². The number of fused-ring (bicyclic) bond motifs is 1. The number of oxazole rings is 1. The van der Waals surface area contributed by atoms with Crippen molar-refractivity contribution in [2.75, 3.05) is 5.32 Å². The van der Waals surface area contributed by atoms with Gasteiger partial charge in [-0.2, -0.15) is 0 Å². The average Bonchev–Trinajstić information content (AvgIpc) is 3.23. The Kier molecular flexibility index (Phi) is 7.31. The molecule has 0 aliphatic rings. The van der Waals surface area contributed by atoms with Gasteiger partial charge in [0.05, 0.1) is 10.6 Å². The van der Waals surface area contributed by atoms with Crippen LogP contribution in [0.1, 0.15) is 42.1 Å². The van der Waals surface area contributed by atoms with Crippen LogP contribution in [-0.4, -0.2) is 16.0 Å². The van der Waals surface area contributed by atoms with Gasteiger partial charge in [0.2, 0.25) is 5.89 Å². The van der Waals surface area contributed by atoms with Crippen LogP contribution in [0.15, 0.2) is 65.1 Å². The third-order valence-corrected chi connectivity index (χ3v) is 6.59. The number of anilines is 1. The highest BCUT2D eigenvalue weighted by Gasteiger charge is 2.14. The van der Waals surface area contributed by atoms with Crippen molar-refractivity contribution >= 4 is 74.2 Å². The molecule has 4 aromatic rings. The van der Waals surface area contributed by atoms with Crippen molar-refractivity contribution < 1.29 is 9.21 Å². The van der Waals surface area contributed by atoms with Crippen molar-refractivity contribution in [2.24, 2.45) is 0 Å². The number of carbonyl (C=O) groups is 1.